The maximum Gasteiger partial charge on any atom is 0.240 e. The molecular weight excluding hydrogens is 317 g/mol. The molecule has 0 fully saturated rings. The van der Waals surface area contributed by atoms with Crippen molar-refractivity contribution in [2.24, 2.45) is 0 Å². The second-order valence-electron chi connectivity index (χ2n) is 5.21. The fourth-order valence-corrected chi connectivity index (χ4v) is 3.25. The van der Waals surface area contributed by atoms with E-state index in [1.165, 1.54) is 24.3 Å². The van der Waals surface area contributed by atoms with Crippen molar-refractivity contribution < 1.29 is 17.9 Å². The first kappa shape index (κ1) is 17.6. The summed E-state index contributed by atoms with van der Waals surface area (Å²) in [5.41, 5.74) is 1.65. The van der Waals surface area contributed by atoms with Crippen LogP contribution in [0.4, 0.5) is 4.39 Å². The number of benzene rings is 2. The normalized spacial score (nSPS) is 11.6. The van der Waals surface area contributed by atoms with E-state index in [0.717, 1.165) is 17.5 Å². The third kappa shape index (κ3) is 5.13. The molecule has 0 aliphatic heterocycles. The van der Waals surface area contributed by atoms with Gasteiger partial charge in [0.1, 0.15) is 5.82 Å². The summed E-state index contributed by atoms with van der Waals surface area (Å²) < 4.78 is 39.8. The lowest BCUT2D eigenvalue weighted by molar-refractivity contribution is 0.283. The molecule has 0 spiro atoms. The fourth-order valence-electron chi connectivity index (χ4n) is 2.17. The Morgan fingerprint density at radius 3 is 2.00 bits per heavy atom. The quantitative estimate of drug-likeness (QED) is 0.728. The second-order valence-corrected chi connectivity index (χ2v) is 6.98. The van der Waals surface area contributed by atoms with Gasteiger partial charge in [-0.2, -0.15) is 0 Å². The van der Waals surface area contributed by atoms with E-state index >= 15 is 0 Å². The first-order chi connectivity index (χ1) is 11.0. The highest BCUT2D eigenvalue weighted by Crippen LogP contribution is 2.21. The van der Waals surface area contributed by atoms with Gasteiger partial charge in [0.05, 0.1) is 4.90 Å². The third-order valence-electron chi connectivity index (χ3n) is 3.47. The van der Waals surface area contributed by atoms with Gasteiger partial charge in [0, 0.05) is 13.2 Å². The zero-order valence-corrected chi connectivity index (χ0v) is 13.5. The van der Waals surface area contributed by atoms with Crippen molar-refractivity contribution in [3.8, 4) is 11.1 Å². The standard InChI is InChI=1S/C17H20FNO3S/c18-16-8-4-14(5-9-16)15-6-10-17(11-7-15)23(21,22)19-12-2-1-3-13-20/h4-11,19-20H,1-3,12-13H2. The second kappa shape index (κ2) is 8.19. The molecule has 0 radical (unpaired) electrons. The molecule has 2 aromatic rings. The third-order valence-corrected chi connectivity index (χ3v) is 4.95. The molecule has 0 saturated carbocycles. The monoisotopic (exact) mass is 337 g/mol. The Bertz CT molecular complexity index is 713. The Hall–Kier alpha value is -1.76. The Labute approximate surface area is 136 Å². The lowest BCUT2D eigenvalue weighted by atomic mass is 10.1. The summed E-state index contributed by atoms with van der Waals surface area (Å²) in [4.78, 5) is 0.200. The van der Waals surface area contributed by atoms with Crippen molar-refractivity contribution >= 4 is 10.0 Å². The van der Waals surface area contributed by atoms with Crippen molar-refractivity contribution in [3.63, 3.8) is 0 Å². The average molecular weight is 337 g/mol. The van der Waals surface area contributed by atoms with E-state index in [9.17, 15) is 12.8 Å². The van der Waals surface area contributed by atoms with Gasteiger partial charge in [0.2, 0.25) is 10.0 Å². The molecule has 2 rings (SSSR count). The van der Waals surface area contributed by atoms with Gasteiger partial charge in [-0.15, -0.1) is 0 Å². The zero-order valence-electron chi connectivity index (χ0n) is 12.7. The number of hydrogen-bond donors (Lipinski definition) is 2. The number of aliphatic hydroxyl groups excluding tert-OH is 1. The summed E-state index contributed by atoms with van der Waals surface area (Å²) in [5.74, 6) is -0.307. The molecular formula is C17H20FNO3S. The topological polar surface area (TPSA) is 66.4 Å². The molecule has 2 aromatic carbocycles. The summed E-state index contributed by atoms with van der Waals surface area (Å²) in [7, 11) is -3.53. The van der Waals surface area contributed by atoms with E-state index in [1.807, 2.05) is 0 Å². The molecule has 23 heavy (non-hydrogen) atoms. The van der Waals surface area contributed by atoms with Gasteiger partial charge in [-0.25, -0.2) is 17.5 Å². The first-order valence-corrected chi connectivity index (χ1v) is 8.98. The number of rotatable bonds is 8. The molecule has 4 nitrogen and oxygen atoms in total. The van der Waals surface area contributed by atoms with E-state index in [2.05, 4.69) is 4.72 Å². The molecule has 0 heterocycles. The minimum absolute atomic E-state index is 0.123. The molecule has 0 unspecified atom stereocenters. The smallest absolute Gasteiger partial charge is 0.240 e. The highest BCUT2D eigenvalue weighted by molar-refractivity contribution is 7.89. The van der Waals surface area contributed by atoms with Gasteiger partial charge in [-0.1, -0.05) is 24.3 Å². The lowest BCUT2D eigenvalue weighted by Crippen LogP contribution is -2.24. The number of nitrogens with one attached hydrogen (secondary N) is 1. The maximum absolute atomic E-state index is 12.9. The number of hydrogen-bond acceptors (Lipinski definition) is 3. The molecule has 0 amide bonds. The Balaban J connectivity index is 2.02. The van der Waals surface area contributed by atoms with E-state index in [-0.39, 0.29) is 17.3 Å². The van der Waals surface area contributed by atoms with E-state index in [0.29, 0.717) is 19.4 Å². The first-order valence-electron chi connectivity index (χ1n) is 7.49. The molecule has 0 aromatic heterocycles. The molecule has 2 N–H and O–H groups in total. The number of sulfonamides is 1. The van der Waals surface area contributed by atoms with Crippen LogP contribution in [-0.4, -0.2) is 26.7 Å². The highest BCUT2D eigenvalue weighted by Gasteiger charge is 2.13. The molecule has 0 saturated heterocycles. The summed E-state index contributed by atoms with van der Waals surface area (Å²) >= 11 is 0. The van der Waals surface area contributed by atoms with Crippen molar-refractivity contribution in [2.75, 3.05) is 13.2 Å². The van der Waals surface area contributed by atoms with E-state index in [4.69, 9.17) is 5.11 Å². The van der Waals surface area contributed by atoms with Crippen LogP contribution in [0.15, 0.2) is 53.4 Å². The minimum atomic E-state index is -3.53. The van der Waals surface area contributed by atoms with Crippen LogP contribution in [0.1, 0.15) is 19.3 Å². The van der Waals surface area contributed by atoms with Crippen molar-refractivity contribution in [1.82, 2.24) is 4.72 Å². The Morgan fingerprint density at radius 2 is 1.43 bits per heavy atom. The van der Waals surface area contributed by atoms with Crippen LogP contribution in [-0.2, 0) is 10.0 Å². The van der Waals surface area contributed by atoms with Gasteiger partial charge in [-0.3, -0.25) is 0 Å². The van der Waals surface area contributed by atoms with Gasteiger partial charge in [0.25, 0.3) is 0 Å². The van der Waals surface area contributed by atoms with E-state index in [1.54, 1.807) is 24.3 Å². The molecule has 0 aliphatic carbocycles. The predicted octanol–water partition coefficient (Wildman–Crippen LogP) is 2.93. The van der Waals surface area contributed by atoms with Crippen LogP contribution in [0.2, 0.25) is 0 Å². The minimum Gasteiger partial charge on any atom is -0.396 e. The van der Waals surface area contributed by atoms with Crippen LogP contribution >= 0.6 is 0 Å². The molecule has 0 bridgehead atoms. The van der Waals surface area contributed by atoms with Gasteiger partial charge in [0.15, 0.2) is 0 Å². The predicted molar refractivity (Wildman–Crippen MR) is 88.0 cm³/mol. The van der Waals surface area contributed by atoms with Crippen LogP contribution in [0.3, 0.4) is 0 Å². The van der Waals surface area contributed by atoms with Crippen LogP contribution < -0.4 is 4.72 Å². The average Bonchev–Trinajstić information content (AvgIpc) is 2.55. The Kier molecular flexibility index (Phi) is 6.27. The van der Waals surface area contributed by atoms with E-state index < -0.39 is 10.0 Å². The summed E-state index contributed by atoms with van der Waals surface area (Å²) in [5, 5.41) is 8.68. The van der Waals surface area contributed by atoms with Gasteiger partial charge in [-0.05, 0) is 54.7 Å². The maximum atomic E-state index is 12.9. The number of unbranched alkanes of at least 4 members (excludes halogenated alkanes) is 2. The largest absolute Gasteiger partial charge is 0.396 e. The van der Waals surface area contributed by atoms with Gasteiger partial charge >= 0.3 is 0 Å². The molecule has 0 aliphatic rings. The molecule has 124 valence electrons. The summed E-state index contributed by atoms with van der Waals surface area (Å²) in [6, 6.07) is 12.5. The van der Waals surface area contributed by atoms with Gasteiger partial charge < -0.3 is 5.11 Å². The van der Waals surface area contributed by atoms with Crippen LogP contribution in [0, 0.1) is 5.82 Å². The van der Waals surface area contributed by atoms with Crippen molar-refractivity contribution in [2.45, 2.75) is 24.2 Å². The zero-order chi connectivity index (χ0) is 16.7. The van der Waals surface area contributed by atoms with Crippen LogP contribution in [0.5, 0.6) is 0 Å². The SMILES string of the molecule is O=S(=O)(NCCCCCO)c1ccc(-c2ccc(F)cc2)cc1. The van der Waals surface area contributed by atoms with Crippen molar-refractivity contribution in [1.29, 1.82) is 0 Å². The molecule has 0 atom stereocenters. The Morgan fingerprint density at radius 1 is 0.870 bits per heavy atom. The number of halogens is 1. The highest BCUT2D eigenvalue weighted by atomic mass is 32.2. The molecule has 6 heteroatoms. The summed E-state index contributed by atoms with van der Waals surface area (Å²) in [6.45, 7) is 0.472. The lowest BCUT2D eigenvalue weighted by Gasteiger charge is -2.08. The summed E-state index contributed by atoms with van der Waals surface area (Å²) in [6.07, 6.45) is 2.14. The number of aliphatic hydroxyl groups is 1. The van der Waals surface area contributed by atoms with Crippen molar-refractivity contribution in [3.05, 3.63) is 54.3 Å². The fraction of sp³-hybridized carbons (Fsp3) is 0.294. The van der Waals surface area contributed by atoms with Crippen LogP contribution in [0.25, 0.3) is 11.1 Å².